The summed E-state index contributed by atoms with van der Waals surface area (Å²) in [5.74, 6) is 0.821. The highest BCUT2D eigenvalue weighted by atomic mass is 16.5. The second-order valence-corrected chi connectivity index (χ2v) is 3.78. The quantitative estimate of drug-likeness (QED) is 0.840. The van der Waals surface area contributed by atoms with Crippen molar-refractivity contribution in [1.82, 2.24) is 10.1 Å². The number of phenolic OH excluding ortho intramolecular Hbond substituents is 1. The number of nitriles is 1. The Kier molecular flexibility index (Phi) is 3.55. The van der Waals surface area contributed by atoms with Gasteiger partial charge in [0.05, 0.1) is 25.0 Å². The third kappa shape index (κ3) is 2.84. The van der Waals surface area contributed by atoms with Crippen LogP contribution in [0.25, 0.3) is 11.4 Å². The summed E-state index contributed by atoms with van der Waals surface area (Å²) < 4.78 is 4.97. The van der Waals surface area contributed by atoms with Crippen molar-refractivity contribution in [1.29, 1.82) is 5.26 Å². The van der Waals surface area contributed by atoms with Gasteiger partial charge in [-0.1, -0.05) is 5.16 Å². The summed E-state index contributed by atoms with van der Waals surface area (Å²) in [6, 6.07) is 8.24. The Morgan fingerprint density at radius 1 is 1.33 bits per heavy atom. The third-order valence-corrected chi connectivity index (χ3v) is 2.33. The number of phenols is 1. The molecule has 1 atom stereocenters. The average Bonchev–Trinajstić information content (AvgIpc) is 2.78. The SMILES string of the molecule is N#CCC(O)Cc1nc(-c2ccc(O)cc2)no1. The van der Waals surface area contributed by atoms with Crippen LogP contribution >= 0.6 is 0 Å². The van der Waals surface area contributed by atoms with Crippen LogP contribution in [0.15, 0.2) is 28.8 Å². The van der Waals surface area contributed by atoms with Gasteiger partial charge in [-0.15, -0.1) is 0 Å². The Labute approximate surface area is 103 Å². The fourth-order valence-corrected chi connectivity index (χ4v) is 1.44. The Morgan fingerprint density at radius 2 is 2.06 bits per heavy atom. The molecule has 0 amide bonds. The van der Waals surface area contributed by atoms with Crippen LogP contribution in [0.4, 0.5) is 0 Å². The first-order chi connectivity index (χ1) is 8.69. The molecule has 1 unspecified atom stereocenters. The second kappa shape index (κ2) is 5.29. The van der Waals surface area contributed by atoms with E-state index in [1.54, 1.807) is 12.1 Å². The number of aromatic nitrogens is 2. The number of hydrogen-bond donors (Lipinski definition) is 2. The van der Waals surface area contributed by atoms with Gasteiger partial charge in [-0.3, -0.25) is 0 Å². The fraction of sp³-hybridized carbons (Fsp3) is 0.250. The van der Waals surface area contributed by atoms with Gasteiger partial charge in [-0.05, 0) is 24.3 Å². The van der Waals surface area contributed by atoms with Crippen molar-refractivity contribution in [3.63, 3.8) is 0 Å². The summed E-state index contributed by atoms with van der Waals surface area (Å²) in [6.07, 6.45) is -0.627. The summed E-state index contributed by atoms with van der Waals surface area (Å²) >= 11 is 0. The Hall–Kier alpha value is -2.39. The van der Waals surface area contributed by atoms with E-state index < -0.39 is 6.10 Å². The average molecular weight is 245 g/mol. The Balaban J connectivity index is 2.11. The number of aliphatic hydroxyl groups is 1. The molecule has 0 fully saturated rings. The van der Waals surface area contributed by atoms with Gasteiger partial charge in [-0.25, -0.2) is 0 Å². The van der Waals surface area contributed by atoms with Crippen molar-refractivity contribution < 1.29 is 14.7 Å². The zero-order valence-electron chi connectivity index (χ0n) is 9.45. The van der Waals surface area contributed by atoms with Gasteiger partial charge in [0.25, 0.3) is 0 Å². The first-order valence-corrected chi connectivity index (χ1v) is 5.36. The van der Waals surface area contributed by atoms with E-state index in [9.17, 15) is 5.11 Å². The van der Waals surface area contributed by atoms with Crippen molar-refractivity contribution in [3.05, 3.63) is 30.2 Å². The second-order valence-electron chi connectivity index (χ2n) is 3.78. The molecule has 0 aliphatic carbocycles. The van der Waals surface area contributed by atoms with Crippen molar-refractivity contribution >= 4 is 0 Å². The molecule has 6 heteroatoms. The normalized spacial score (nSPS) is 12.0. The summed E-state index contributed by atoms with van der Waals surface area (Å²) in [6.45, 7) is 0. The monoisotopic (exact) mass is 245 g/mol. The largest absolute Gasteiger partial charge is 0.508 e. The molecule has 0 radical (unpaired) electrons. The van der Waals surface area contributed by atoms with Crippen LogP contribution in [0.5, 0.6) is 5.75 Å². The van der Waals surface area contributed by atoms with Gasteiger partial charge >= 0.3 is 0 Å². The van der Waals surface area contributed by atoms with Gasteiger partial charge in [0.2, 0.25) is 11.7 Å². The molecule has 6 nitrogen and oxygen atoms in total. The van der Waals surface area contributed by atoms with Crippen molar-refractivity contribution in [2.45, 2.75) is 18.9 Å². The van der Waals surface area contributed by atoms with E-state index in [0.29, 0.717) is 11.4 Å². The highest BCUT2D eigenvalue weighted by molar-refractivity contribution is 5.55. The lowest BCUT2D eigenvalue weighted by Gasteiger charge is -1.99. The number of benzene rings is 1. The van der Waals surface area contributed by atoms with Crippen molar-refractivity contribution in [3.8, 4) is 23.2 Å². The Morgan fingerprint density at radius 3 is 2.72 bits per heavy atom. The van der Waals surface area contributed by atoms with Crippen molar-refractivity contribution in [2.75, 3.05) is 0 Å². The number of hydrogen-bond acceptors (Lipinski definition) is 6. The van der Waals surface area contributed by atoms with E-state index >= 15 is 0 Å². The summed E-state index contributed by atoms with van der Waals surface area (Å²) in [4.78, 5) is 4.10. The molecule has 0 bridgehead atoms. The maximum absolute atomic E-state index is 9.44. The molecule has 0 saturated carbocycles. The van der Waals surface area contributed by atoms with Crippen LogP contribution in [0.2, 0.25) is 0 Å². The van der Waals surface area contributed by atoms with E-state index in [0.717, 1.165) is 0 Å². The predicted octanol–water partition coefficient (Wildman–Crippen LogP) is 1.26. The Bertz CT molecular complexity index is 557. The van der Waals surface area contributed by atoms with Gasteiger partial charge in [0, 0.05) is 5.56 Å². The van der Waals surface area contributed by atoms with E-state index in [4.69, 9.17) is 14.9 Å². The molecule has 2 N–H and O–H groups in total. The molecule has 0 saturated heterocycles. The minimum atomic E-state index is -0.803. The maximum atomic E-state index is 9.44. The number of nitrogens with zero attached hydrogens (tertiary/aromatic N) is 3. The van der Waals surface area contributed by atoms with Gasteiger partial charge in [0.1, 0.15) is 5.75 Å². The lowest BCUT2D eigenvalue weighted by Crippen LogP contribution is -2.09. The summed E-state index contributed by atoms with van der Waals surface area (Å²) in [5, 5.41) is 30.8. The minimum Gasteiger partial charge on any atom is -0.508 e. The van der Waals surface area contributed by atoms with Crippen LogP contribution in [-0.4, -0.2) is 26.5 Å². The van der Waals surface area contributed by atoms with Gasteiger partial charge in [-0.2, -0.15) is 10.2 Å². The minimum absolute atomic E-state index is 0.0247. The van der Waals surface area contributed by atoms with Gasteiger partial charge < -0.3 is 14.7 Å². The predicted molar refractivity (Wildman–Crippen MR) is 61.3 cm³/mol. The molecule has 0 spiro atoms. The number of aliphatic hydroxyl groups excluding tert-OH is 1. The molecule has 0 aliphatic heterocycles. The summed E-state index contributed by atoms with van der Waals surface area (Å²) in [5.41, 5.74) is 0.706. The number of rotatable bonds is 4. The standard InChI is InChI=1S/C12H11N3O3/c13-6-5-10(17)7-11-14-12(15-18-11)8-1-3-9(16)4-2-8/h1-4,10,16-17H,5,7H2. The smallest absolute Gasteiger partial charge is 0.229 e. The van der Waals surface area contributed by atoms with Crippen LogP contribution in [-0.2, 0) is 6.42 Å². The third-order valence-electron chi connectivity index (χ3n) is 2.33. The lowest BCUT2D eigenvalue weighted by atomic mass is 10.2. The lowest BCUT2D eigenvalue weighted by molar-refractivity contribution is 0.167. The molecule has 2 aromatic rings. The van der Waals surface area contributed by atoms with Crippen LogP contribution in [0, 0.1) is 11.3 Å². The number of aromatic hydroxyl groups is 1. The van der Waals surface area contributed by atoms with Crippen LogP contribution < -0.4 is 0 Å². The van der Waals surface area contributed by atoms with E-state index in [2.05, 4.69) is 10.1 Å². The van der Waals surface area contributed by atoms with Crippen molar-refractivity contribution in [2.24, 2.45) is 0 Å². The molecule has 0 aliphatic rings. The first-order valence-electron chi connectivity index (χ1n) is 5.36. The zero-order valence-corrected chi connectivity index (χ0v) is 9.45. The van der Waals surface area contributed by atoms with Crippen LogP contribution in [0.1, 0.15) is 12.3 Å². The zero-order chi connectivity index (χ0) is 13.0. The van der Waals surface area contributed by atoms with E-state index in [1.165, 1.54) is 12.1 Å². The molecule has 92 valence electrons. The van der Waals surface area contributed by atoms with Crippen LogP contribution in [0.3, 0.4) is 0 Å². The molecule has 18 heavy (non-hydrogen) atoms. The topological polar surface area (TPSA) is 103 Å². The molecule has 1 heterocycles. The molecular formula is C12H11N3O3. The highest BCUT2D eigenvalue weighted by Crippen LogP contribution is 2.19. The first kappa shape index (κ1) is 12.1. The molecular weight excluding hydrogens is 234 g/mol. The summed E-state index contributed by atoms with van der Waals surface area (Å²) in [7, 11) is 0. The highest BCUT2D eigenvalue weighted by Gasteiger charge is 2.13. The molecule has 1 aromatic heterocycles. The molecule has 1 aromatic carbocycles. The van der Waals surface area contributed by atoms with Gasteiger partial charge in [0.15, 0.2) is 0 Å². The molecule has 2 rings (SSSR count). The van der Waals surface area contributed by atoms with E-state index in [-0.39, 0.29) is 24.5 Å². The maximum Gasteiger partial charge on any atom is 0.229 e. The fourth-order valence-electron chi connectivity index (χ4n) is 1.44. The van der Waals surface area contributed by atoms with E-state index in [1.807, 2.05) is 6.07 Å².